The van der Waals surface area contributed by atoms with Crippen molar-refractivity contribution in [3.8, 4) is 0 Å². The van der Waals surface area contributed by atoms with Crippen LogP contribution in [0.3, 0.4) is 0 Å². The van der Waals surface area contributed by atoms with Gasteiger partial charge in [0.25, 0.3) is 0 Å². The lowest BCUT2D eigenvalue weighted by molar-refractivity contribution is -0.203. The van der Waals surface area contributed by atoms with Gasteiger partial charge in [-0.1, -0.05) is 36.4 Å². The van der Waals surface area contributed by atoms with Crippen LogP contribution in [0, 0.1) is 0 Å². The van der Waals surface area contributed by atoms with Crippen LogP contribution in [0.1, 0.15) is 18.4 Å². The number of rotatable bonds is 8. The number of ether oxygens (including phenoxy) is 4. The Bertz CT molecular complexity index is 434. The Morgan fingerprint density at radius 2 is 1.95 bits per heavy atom. The van der Waals surface area contributed by atoms with Crippen LogP contribution in [-0.4, -0.2) is 45.2 Å². The first-order chi connectivity index (χ1) is 10.8. The fourth-order valence-corrected chi connectivity index (χ4v) is 2.82. The third kappa shape index (κ3) is 4.65. The highest BCUT2D eigenvalue weighted by atomic mass is 16.6. The summed E-state index contributed by atoms with van der Waals surface area (Å²) in [4.78, 5) is 0. The van der Waals surface area contributed by atoms with Gasteiger partial charge in [-0.05, 0) is 12.0 Å². The molecule has 4 heteroatoms. The Labute approximate surface area is 133 Å². The maximum Gasteiger partial charge on any atom is 0.107 e. The van der Waals surface area contributed by atoms with Gasteiger partial charge in [0.1, 0.15) is 6.10 Å². The lowest BCUT2D eigenvalue weighted by Gasteiger charge is -2.40. The highest BCUT2D eigenvalue weighted by molar-refractivity contribution is 5.13. The second kappa shape index (κ2) is 9.06. The first-order valence-electron chi connectivity index (χ1n) is 7.72. The molecule has 0 amide bonds. The molecule has 22 heavy (non-hydrogen) atoms. The van der Waals surface area contributed by atoms with Gasteiger partial charge >= 0.3 is 0 Å². The van der Waals surface area contributed by atoms with Gasteiger partial charge in [0.2, 0.25) is 0 Å². The van der Waals surface area contributed by atoms with Gasteiger partial charge in [0, 0.05) is 20.6 Å². The summed E-state index contributed by atoms with van der Waals surface area (Å²) in [6, 6.07) is 10.2. The summed E-state index contributed by atoms with van der Waals surface area (Å²) < 4.78 is 23.0. The Morgan fingerprint density at radius 3 is 2.59 bits per heavy atom. The minimum Gasteiger partial charge on any atom is -0.382 e. The standard InChI is InChI=1S/C18H26O4/c1-4-8-15-17(21-12-14-9-6-5-7-10-14)11-16(20-3)18(22-15)13-19-2/h4-7,9-10,15-18H,1,8,11-13H2,2-3H3/t15-,16-,17+,18+/m0/s1. The van der Waals surface area contributed by atoms with E-state index in [1.165, 1.54) is 0 Å². The molecule has 1 fully saturated rings. The summed E-state index contributed by atoms with van der Waals surface area (Å²) in [6.45, 7) is 4.92. The maximum absolute atomic E-state index is 6.13. The Balaban J connectivity index is 1.98. The molecular formula is C18H26O4. The van der Waals surface area contributed by atoms with Crippen molar-refractivity contribution in [2.24, 2.45) is 0 Å². The molecule has 1 aliphatic heterocycles. The van der Waals surface area contributed by atoms with Crippen LogP contribution in [-0.2, 0) is 25.6 Å². The molecule has 0 bridgehead atoms. The number of hydrogen-bond donors (Lipinski definition) is 0. The normalized spacial score (nSPS) is 28.5. The SMILES string of the molecule is C=CC[C@@H]1O[C@H](COC)[C@@H](OC)C[C@H]1OCc1ccccc1. The van der Waals surface area contributed by atoms with Crippen molar-refractivity contribution in [2.75, 3.05) is 20.8 Å². The van der Waals surface area contributed by atoms with Crippen LogP contribution in [0.5, 0.6) is 0 Å². The van der Waals surface area contributed by atoms with Crippen molar-refractivity contribution < 1.29 is 18.9 Å². The number of benzene rings is 1. The molecule has 2 rings (SSSR count). The smallest absolute Gasteiger partial charge is 0.107 e. The molecule has 0 aliphatic carbocycles. The molecule has 1 saturated heterocycles. The molecule has 1 aromatic rings. The number of methoxy groups -OCH3 is 2. The molecular weight excluding hydrogens is 280 g/mol. The minimum atomic E-state index is -0.0588. The van der Waals surface area contributed by atoms with Crippen molar-refractivity contribution in [3.63, 3.8) is 0 Å². The highest BCUT2D eigenvalue weighted by Gasteiger charge is 2.38. The van der Waals surface area contributed by atoms with Crippen LogP contribution in [0.2, 0.25) is 0 Å². The average molecular weight is 306 g/mol. The van der Waals surface area contributed by atoms with Crippen molar-refractivity contribution >= 4 is 0 Å². The topological polar surface area (TPSA) is 36.9 Å². The predicted octanol–water partition coefficient (Wildman–Crippen LogP) is 2.97. The molecule has 122 valence electrons. The molecule has 4 atom stereocenters. The zero-order valence-electron chi connectivity index (χ0n) is 13.4. The second-order valence-corrected chi connectivity index (χ2v) is 5.54. The van der Waals surface area contributed by atoms with E-state index >= 15 is 0 Å². The summed E-state index contributed by atoms with van der Waals surface area (Å²) in [5.41, 5.74) is 1.16. The van der Waals surface area contributed by atoms with Gasteiger partial charge in [-0.2, -0.15) is 0 Å². The van der Waals surface area contributed by atoms with Gasteiger partial charge in [0.15, 0.2) is 0 Å². The largest absolute Gasteiger partial charge is 0.382 e. The first-order valence-corrected chi connectivity index (χ1v) is 7.72. The van der Waals surface area contributed by atoms with E-state index in [9.17, 15) is 0 Å². The molecule has 0 radical (unpaired) electrons. The third-order valence-electron chi connectivity index (χ3n) is 3.98. The molecule has 0 N–H and O–H groups in total. The lowest BCUT2D eigenvalue weighted by Crippen LogP contribution is -2.50. The van der Waals surface area contributed by atoms with Gasteiger partial charge in [-0.15, -0.1) is 6.58 Å². The van der Waals surface area contributed by atoms with Gasteiger partial charge in [0.05, 0.1) is 31.5 Å². The highest BCUT2D eigenvalue weighted by Crippen LogP contribution is 2.27. The molecule has 1 aromatic carbocycles. The Morgan fingerprint density at radius 1 is 1.18 bits per heavy atom. The van der Waals surface area contributed by atoms with Gasteiger partial charge in [-0.25, -0.2) is 0 Å². The van der Waals surface area contributed by atoms with E-state index in [0.29, 0.717) is 13.2 Å². The molecule has 0 saturated carbocycles. The molecule has 0 aromatic heterocycles. The number of hydrogen-bond acceptors (Lipinski definition) is 4. The molecule has 0 spiro atoms. The summed E-state index contributed by atoms with van der Waals surface area (Å²) in [7, 11) is 3.38. The van der Waals surface area contributed by atoms with E-state index in [0.717, 1.165) is 18.4 Å². The van der Waals surface area contributed by atoms with E-state index in [1.807, 2.05) is 24.3 Å². The van der Waals surface area contributed by atoms with E-state index in [-0.39, 0.29) is 24.4 Å². The molecule has 4 nitrogen and oxygen atoms in total. The summed E-state index contributed by atoms with van der Waals surface area (Å²) in [5.74, 6) is 0. The van der Waals surface area contributed by atoms with Crippen molar-refractivity contribution in [1.82, 2.24) is 0 Å². The van der Waals surface area contributed by atoms with Gasteiger partial charge in [-0.3, -0.25) is 0 Å². The zero-order valence-corrected chi connectivity index (χ0v) is 13.4. The maximum atomic E-state index is 6.13. The molecule has 1 aliphatic rings. The van der Waals surface area contributed by atoms with Crippen LogP contribution in [0.4, 0.5) is 0 Å². The van der Waals surface area contributed by atoms with E-state index in [4.69, 9.17) is 18.9 Å². The second-order valence-electron chi connectivity index (χ2n) is 5.54. The summed E-state index contributed by atoms with van der Waals surface area (Å²) in [5, 5.41) is 0. The Hall–Kier alpha value is -1.20. The van der Waals surface area contributed by atoms with Crippen LogP contribution in [0.15, 0.2) is 43.0 Å². The zero-order chi connectivity index (χ0) is 15.8. The van der Waals surface area contributed by atoms with Crippen LogP contribution in [0.25, 0.3) is 0 Å². The van der Waals surface area contributed by atoms with Crippen LogP contribution >= 0.6 is 0 Å². The van der Waals surface area contributed by atoms with E-state index < -0.39 is 0 Å². The molecule has 0 unspecified atom stereocenters. The van der Waals surface area contributed by atoms with Crippen molar-refractivity contribution in [2.45, 2.75) is 43.9 Å². The minimum absolute atomic E-state index is 0.00346. The van der Waals surface area contributed by atoms with Gasteiger partial charge < -0.3 is 18.9 Å². The fraction of sp³-hybridized carbons (Fsp3) is 0.556. The quantitative estimate of drug-likeness (QED) is 0.692. The molecule has 1 heterocycles. The van der Waals surface area contributed by atoms with E-state index in [2.05, 4.69) is 18.7 Å². The van der Waals surface area contributed by atoms with Crippen molar-refractivity contribution in [3.05, 3.63) is 48.6 Å². The van der Waals surface area contributed by atoms with Crippen molar-refractivity contribution in [1.29, 1.82) is 0 Å². The predicted molar refractivity (Wildman–Crippen MR) is 85.8 cm³/mol. The third-order valence-corrected chi connectivity index (χ3v) is 3.98. The summed E-state index contributed by atoms with van der Waals surface area (Å²) >= 11 is 0. The first kappa shape index (κ1) is 17.2. The lowest BCUT2D eigenvalue weighted by atomic mass is 9.96. The summed E-state index contributed by atoms with van der Waals surface area (Å²) in [6.07, 6.45) is 3.36. The Kier molecular flexibility index (Phi) is 7.06. The van der Waals surface area contributed by atoms with E-state index in [1.54, 1.807) is 14.2 Å². The average Bonchev–Trinajstić information content (AvgIpc) is 2.55. The van der Waals surface area contributed by atoms with Crippen LogP contribution < -0.4 is 0 Å². The monoisotopic (exact) mass is 306 g/mol. The fourth-order valence-electron chi connectivity index (χ4n) is 2.82.